The summed E-state index contributed by atoms with van der Waals surface area (Å²) in [5.74, 6) is -0.0527. The number of likely N-dealkylation sites (tertiary alicyclic amines) is 1. The van der Waals surface area contributed by atoms with Crippen LogP contribution in [0.3, 0.4) is 0 Å². The second-order valence-corrected chi connectivity index (χ2v) is 4.55. The molecule has 0 amide bonds. The average Bonchev–Trinajstić information content (AvgIpc) is 2.29. The highest BCUT2D eigenvalue weighted by Crippen LogP contribution is 2.18. The molecule has 1 rings (SSSR count). The van der Waals surface area contributed by atoms with Crippen LogP contribution in [0.2, 0.25) is 0 Å². The van der Waals surface area contributed by atoms with Crippen LogP contribution < -0.4 is 0 Å². The van der Waals surface area contributed by atoms with Gasteiger partial charge in [0, 0.05) is 11.9 Å². The van der Waals surface area contributed by atoms with Gasteiger partial charge in [-0.25, -0.2) is 0 Å². The number of halogens is 1. The van der Waals surface area contributed by atoms with Crippen LogP contribution in [-0.4, -0.2) is 54.2 Å². The lowest BCUT2D eigenvalue weighted by molar-refractivity contribution is -0.147. The zero-order chi connectivity index (χ0) is 11.3. The van der Waals surface area contributed by atoms with Crippen LogP contribution in [-0.2, 0) is 9.53 Å². The van der Waals surface area contributed by atoms with Gasteiger partial charge in [-0.05, 0) is 25.9 Å². The molecule has 1 fully saturated rings. The normalized spacial score (nSPS) is 21.3. The summed E-state index contributed by atoms with van der Waals surface area (Å²) in [6.45, 7) is 2.41. The molecule has 0 aromatic heterocycles. The SMILES string of the molecule is COC(=O)C1CCN(CC(O)CBr)CC1. The Kier molecular flexibility index (Phi) is 5.56. The molecule has 5 heteroatoms. The van der Waals surface area contributed by atoms with E-state index in [1.165, 1.54) is 7.11 Å². The first-order valence-corrected chi connectivity index (χ1v) is 6.33. The Bertz CT molecular complexity index is 205. The summed E-state index contributed by atoms with van der Waals surface area (Å²) in [4.78, 5) is 13.4. The molecule has 88 valence electrons. The summed E-state index contributed by atoms with van der Waals surface area (Å²) >= 11 is 3.24. The minimum Gasteiger partial charge on any atom is -0.469 e. The summed E-state index contributed by atoms with van der Waals surface area (Å²) < 4.78 is 4.71. The van der Waals surface area contributed by atoms with Crippen molar-refractivity contribution in [3.63, 3.8) is 0 Å². The van der Waals surface area contributed by atoms with Gasteiger partial charge in [-0.1, -0.05) is 15.9 Å². The van der Waals surface area contributed by atoms with E-state index in [2.05, 4.69) is 20.8 Å². The number of rotatable bonds is 4. The van der Waals surface area contributed by atoms with Crippen LogP contribution in [0.5, 0.6) is 0 Å². The highest BCUT2D eigenvalue weighted by molar-refractivity contribution is 9.09. The van der Waals surface area contributed by atoms with Crippen LogP contribution in [0.4, 0.5) is 0 Å². The van der Waals surface area contributed by atoms with Crippen molar-refractivity contribution in [3.05, 3.63) is 0 Å². The number of ether oxygens (including phenoxy) is 1. The third-order valence-corrected chi connectivity index (χ3v) is 3.52. The van der Waals surface area contributed by atoms with Crippen LogP contribution in [0.15, 0.2) is 0 Å². The topological polar surface area (TPSA) is 49.8 Å². The second-order valence-electron chi connectivity index (χ2n) is 3.91. The van der Waals surface area contributed by atoms with Crippen molar-refractivity contribution in [1.82, 2.24) is 4.90 Å². The van der Waals surface area contributed by atoms with Crippen molar-refractivity contribution in [2.75, 3.05) is 32.1 Å². The number of β-amino-alcohol motifs (C(OH)–C–C–N with tert-alkyl or cyclic N) is 1. The van der Waals surface area contributed by atoms with E-state index < -0.39 is 0 Å². The van der Waals surface area contributed by atoms with Crippen molar-refractivity contribution < 1.29 is 14.6 Å². The second kappa shape index (κ2) is 6.45. The Morgan fingerprint density at radius 2 is 2.20 bits per heavy atom. The van der Waals surface area contributed by atoms with E-state index >= 15 is 0 Å². The Hall–Kier alpha value is -0.130. The van der Waals surface area contributed by atoms with E-state index in [-0.39, 0.29) is 18.0 Å². The van der Waals surface area contributed by atoms with E-state index in [0.29, 0.717) is 11.9 Å². The van der Waals surface area contributed by atoms with Gasteiger partial charge in [0.2, 0.25) is 0 Å². The first-order chi connectivity index (χ1) is 7.17. The fourth-order valence-electron chi connectivity index (χ4n) is 1.86. The first-order valence-electron chi connectivity index (χ1n) is 5.21. The minimum atomic E-state index is -0.320. The zero-order valence-electron chi connectivity index (χ0n) is 8.99. The number of alkyl halides is 1. The number of esters is 1. The number of aliphatic hydroxyl groups excluding tert-OH is 1. The maximum Gasteiger partial charge on any atom is 0.308 e. The lowest BCUT2D eigenvalue weighted by Crippen LogP contribution is -2.41. The zero-order valence-corrected chi connectivity index (χ0v) is 10.6. The number of hydrogen-bond acceptors (Lipinski definition) is 4. The largest absolute Gasteiger partial charge is 0.469 e. The first kappa shape index (κ1) is 12.9. The average molecular weight is 280 g/mol. The molecule has 1 aliphatic rings. The van der Waals surface area contributed by atoms with E-state index in [1.54, 1.807) is 0 Å². The molecule has 1 heterocycles. The summed E-state index contributed by atoms with van der Waals surface area (Å²) in [6, 6.07) is 0. The van der Waals surface area contributed by atoms with E-state index in [4.69, 9.17) is 4.74 Å². The fraction of sp³-hybridized carbons (Fsp3) is 0.900. The van der Waals surface area contributed by atoms with E-state index in [9.17, 15) is 9.90 Å². The predicted molar refractivity (Wildman–Crippen MR) is 61.0 cm³/mol. The molecule has 1 N–H and O–H groups in total. The summed E-state index contributed by atoms with van der Waals surface area (Å²) in [7, 11) is 1.43. The molecule has 0 aliphatic carbocycles. The molecule has 1 saturated heterocycles. The maximum atomic E-state index is 11.3. The third-order valence-electron chi connectivity index (χ3n) is 2.77. The van der Waals surface area contributed by atoms with Crippen molar-refractivity contribution in [1.29, 1.82) is 0 Å². The molecule has 4 nitrogen and oxygen atoms in total. The molecule has 15 heavy (non-hydrogen) atoms. The Morgan fingerprint density at radius 3 is 2.67 bits per heavy atom. The number of piperidine rings is 1. The predicted octanol–water partition coefficient (Wildman–Crippen LogP) is 0.627. The van der Waals surface area contributed by atoms with Gasteiger partial charge < -0.3 is 14.7 Å². The number of methoxy groups -OCH3 is 1. The Morgan fingerprint density at radius 1 is 1.60 bits per heavy atom. The summed E-state index contributed by atoms with van der Waals surface area (Å²) in [5.41, 5.74) is 0. The monoisotopic (exact) mass is 279 g/mol. The Labute approximate surface area is 98.7 Å². The number of nitrogens with zero attached hydrogens (tertiary/aromatic N) is 1. The fourth-order valence-corrected chi connectivity index (χ4v) is 2.07. The number of aliphatic hydroxyl groups is 1. The van der Waals surface area contributed by atoms with Crippen LogP contribution in [0.25, 0.3) is 0 Å². The number of carbonyl (C=O) groups excluding carboxylic acids is 1. The van der Waals surface area contributed by atoms with Crippen molar-refractivity contribution in [3.8, 4) is 0 Å². The van der Waals surface area contributed by atoms with Crippen LogP contribution in [0, 0.1) is 5.92 Å². The van der Waals surface area contributed by atoms with E-state index in [1.807, 2.05) is 0 Å². The molecule has 1 aliphatic heterocycles. The smallest absolute Gasteiger partial charge is 0.308 e. The molecular weight excluding hydrogens is 262 g/mol. The molecule has 1 unspecified atom stereocenters. The van der Waals surface area contributed by atoms with Gasteiger partial charge in [-0.3, -0.25) is 4.79 Å². The quantitative estimate of drug-likeness (QED) is 0.606. The van der Waals surface area contributed by atoms with Gasteiger partial charge in [0.25, 0.3) is 0 Å². The van der Waals surface area contributed by atoms with Gasteiger partial charge >= 0.3 is 5.97 Å². The molecular formula is C10H18BrNO3. The third kappa shape index (κ3) is 4.09. The number of hydrogen-bond donors (Lipinski definition) is 1. The van der Waals surface area contributed by atoms with Crippen LogP contribution >= 0.6 is 15.9 Å². The Balaban J connectivity index is 2.26. The van der Waals surface area contributed by atoms with Crippen LogP contribution in [0.1, 0.15) is 12.8 Å². The summed E-state index contributed by atoms with van der Waals surface area (Å²) in [6.07, 6.45) is 1.35. The molecule has 0 bridgehead atoms. The highest BCUT2D eigenvalue weighted by atomic mass is 79.9. The molecule has 0 aromatic rings. The lowest BCUT2D eigenvalue weighted by Gasteiger charge is -2.31. The summed E-state index contributed by atoms with van der Waals surface area (Å²) in [5, 5.41) is 10.1. The van der Waals surface area contributed by atoms with Crippen molar-refractivity contribution in [2.45, 2.75) is 18.9 Å². The molecule has 0 aromatic carbocycles. The van der Waals surface area contributed by atoms with Crippen molar-refractivity contribution >= 4 is 21.9 Å². The van der Waals surface area contributed by atoms with Gasteiger partial charge in [0.05, 0.1) is 19.1 Å². The molecule has 1 atom stereocenters. The maximum absolute atomic E-state index is 11.3. The molecule has 0 spiro atoms. The van der Waals surface area contributed by atoms with Gasteiger partial charge in [-0.2, -0.15) is 0 Å². The minimum absolute atomic E-state index is 0.0485. The molecule has 0 saturated carbocycles. The standard InChI is InChI=1S/C10H18BrNO3/c1-15-10(14)8-2-4-12(5-3-8)7-9(13)6-11/h8-9,13H,2-7H2,1H3. The van der Waals surface area contributed by atoms with Crippen molar-refractivity contribution in [2.24, 2.45) is 5.92 Å². The lowest BCUT2D eigenvalue weighted by atomic mass is 9.97. The highest BCUT2D eigenvalue weighted by Gasteiger charge is 2.26. The van der Waals surface area contributed by atoms with Gasteiger partial charge in [0.15, 0.2) is 0 Å². The van der Waals surface area contributed by atoms with E-state index in [0.717, 1.165) is 25.9 Å². The number of carbonyl (C=O) groups is 1. The van der Waals surface area contributed by atoms with Gasteiger partial charge in [-0.15, -0.1) is 0 Å². The molecule has 0 radical (unpaired) electrons. The van der Waals surface area contributed by atoms with Gasteiger partial charge in [0.1, 0.15) is 0 Å².